The van der Waals surface area contributed by atoms with Crippen LogP contribution in [0.15, 0.2) is 47.5 Å². The van der Waals surface area contributed by atoms with Gasteiger partial charge in [-0.05, 0) is 79.4 Å². The van der Waals surface area contributed by atoms with Crippen molar-refractivity contribution in [3.63, 3.8) is 0 Å². The Balaban J connectivity index is 1.36. The predicted octanol–water partition coefficient (Wildman–Crippen LogP) is 6.52. The minimum absolute atomic E-state index is 0.0153. The van der Waals surface area contributed by atoms with E-state index in [0.29, 0.717) is 88.0 Å². The maximum absolute atomic E-state index is 14.2. The van der Waals surface area contributed by atoms with E-state index in [2.05, 4.69) is 29.1 Å². The van der Waals surface area contributed by atoms with Crippen LogP contribution < -0.4 is 37.9 Å². The predicted molar refractivity (Wildman–Crippen MR) is 193 cm³/mol. The smallest absolute Gasteiger partial charge is 0.212 e. The summed E-state index contributed by atoms with van der Waals surface area (Å²) in [5.41, 5.74) is 7.25. The molecule has 11 nitrogen and oxygen atoms in total. The van der Waals surface area contributed by atoms with Gasteiger partial charge in [-0.1, -0.05) is 0 Å². The molecule has 0 N–H and O–H groups in total. The van der Waals surface area contributed by atoms with Gasteiger partial charge in [0.05, 0.1) is 49.8 Å². The standard InChI is InChI=1S/C40H42N2O9/c1-42-12-10-21-14-29(44-2)31(46-4)17-24(21)27(42)13-23-16-30(45-3)33(48-6)20-28(23)51-34-19-26-25(18-32(34)47-5)37-36-22(9-11-41-38(36)39(26)43)15-35(49-7)40(37)50-8/h14-20,27H,9-13H2,1-8H3. The van der Waals surface area contributed by atoms with Crippen molar-refractivity contribution in [1.82, 2.24) is 4.90 Å². The number of ether oxygens (including phenoxy) is 8. The first-order valence-electron chi connectivity index (χ1n) is 16.8. The second-order valence-electron chi connectivity index (χ2n) is 12.7. The molecule has 266 valence electrons. The molecule has 0 fully saturated rings. The summed E-state index contributed by atoms with van der Waals surface area (Å²) in [6.45, 7) is 1.36. The molecule has 0 saturated carbocycles. The number of ketones is 1. The first-order valence-corrected chi connectivity index (χ1v) is 16.8. The SMILES string of the molecule is COc1cc(CC2c3cc(OC)c(OC)cc3CCN2C)c(Oc2cc3c(cc2OC)-c2c(OC)c(OC)cc4c2C(=NCC4)C3=O)cc1OC. The molecule has 0 aromatic heterocycles. The third kappa shape index (κ3) is 5.65. The summed E-state index contributed by atoms with van der Waals surface area (Å²) >= 11 is 0. The zero-order chi connectivity index (χ0) is 36.0. The molecule has 1 atom stereocenters. The number of rotatable bonds is 11. The van der Waals surface area contributed by atoms with E-state index in [-0.39, 0.29) is 11.8 Å². The maximum Gasteiger partial charge on any atom is 0.212 e. The van der Waals surface area contributed by atoms with E-state index in [1.807, 2.05) is 24.3 Å². The number of Topliss-reactive ketones (excluding diaryl/α,β-unsaturated/α-hetero) is 1. The van der Waals surface area contributed by atoms with Crippen molar-refractivity contribution in [3.05, 3.63) is 75.8 Å². The lowest BCUT2D eigenvalue weighted by molar-refractivity contribution is 0.106. The first-order chi connectivity index (χ1) is 24.8. The largest absolute Gasteiger partial charge is 0.493 e. The normalized spacial score (nSPS) is 15.9. The highest BCUT2D eigenvalue weighted by atomic mass is 16.5. The van der Waals surface area contributed by atoms with E-state index in [9.17, 15) is 4.79 Å². The summed E-state index contributed by atoms with van der Waals surface area (Å²) in [7, 11) is 13.4. The summed E-state index contributed by atoms with van der Waals surface area (Å²) in [4.78, 5) is 21.2. The summed E-state index contributed by atoms with van der Waals surface area (Å²) in [5, 5.41) is 0. The minimum atomic E-state index is -0.185. The van der Waals surface area contributed by atoms with E-state index in [1.165, 1.54) is 5.56 Å². The third-order valence-corrected chi connectivity index (χ3v) is 10.1. The molecule has 11 heteroatoms. The minimum Gasteiger partial charge on any atom is -0.493 e. The van der Waals surface area contributed by atoms with Crippen molar-refractivity contribution >= 4 is 11.5 Å². The molecule has 2 aliphatic heterocycles. The molecule has 51 heavy (non-hydrogen) atoms. The van der Waals surface area contributed by atoms with Crippen LogP contribution in [0.25, 0.3) is 11.1 Å². The number of fused-ring (bicyclic) bond motifs is 3. The van der Waals surface area contributed by atoms with E-state index in [0.717, 1.165) is 40.8 Å². The molecular weight excluding hydrogens is 652 g/mol. The lowest BCUT2D eigenvalue weighted by atomic mass is 9.78. The number of hydrogen-bond acceptors (Lipinski definition) is 11. The molecule has 3 aliphatic rings. The second-order valence-corrected chi connectivity index (χ2v) is 12.7. The number of benzene rings is 4. The Morgan fingerprint density at radius 3 is 1.92 bits per heavy atom. The molecule has 1 aliphatic carbocycles. The Morgan fingerprint density at radius 2 is 1.24 bits per heavy atom. The van der Waals surface area contributed by atoms with Crippen LogP contribution in [0.3, 0.4) is 0 Å². The van der Waals surface area contributed by atoms with Crippen molar-refractivity contribution < 1.29 is 42.7 Å². The van der Waals surface area contributed by atoms with Crippen molar-refractivity contribution in [2.24, 2.45) is 4.99 Å². The van der Waals surface area contributed by atoms with Gasteiger partial charge in [0, 0.05) is 53.0 Å². The molecule has 1 unspecified atom stereocenters. The molecule has 2 heterocycles. The number of aliphatic imine (C=N–C) groups is 1. The van der Waals surface area contributed by atoms with Gasteiger partial charge in [0.15, 0.2) is 46.0 Å². The Kier molecular flexibility index (Phi) is 9.15. The van der Waals surface area contributed by atoms with Crippen LogP contribution in [0.1, 0.15) is 44.2 Å². The fraction of sp³-hybridized carbons (Fsp3) is 0.350. The summed E-state index contributed by atoms with van der Waals surface area (Å²) in [5.74, 6) is 4.73. The number of likely N-dealkylation sites (N-methyl/N-ethyl adjacent to an activating group) is 1. The van der Waals surface area contributed by atoms with Gasteiger partial charge in [-0.15, -0.1) is 0 Å². The fourth-order valence-corrected chi connectivity index (χ4v) is 7.55. The highest BCUT2D eigenvalue weighted by Gasteiger charge is 2.37. The Bertz CT molecular complexity index is 2070. The molecule has 7 rings (SSSR count). The molecule has 0 spiro atoms. The molecular formula is C40H42N2O9. The highest BCUT2D eigenvalue weighted by Crippen LogP contribution is 2.51. The first kappa shape index (κ1) is 34.0. The third-order valence-electron chi connectivity index (χ3n) is 10.1. The van der Waals surface area contributed by atoms with Gasteiger partial charge in [-0.2, -0.15) is 0 Å². The van der Waals surface area contributed by atoms with E-state index >= 15 is 0 Å². The zero-order valence-corrected chi connectivity index (χ0v) is 30.2. The van der Waals surface area contributed by atoms with Gasteiger partial charge in [-0.3, -0.25) is 14.7 Å². The summed E-state index contributed by atoms with van der Waals surface area (Å²) < 4.78 is 47.1. The number of methoxy groups -OCH3 is 7. The number of hydrogen-bond donors (Lipinski definition) is 0. The fourth-order valence-electron chi connectivity index (χ4n) is 7.55. The van der Waals surface area contributed by atoms with Crippen LogP contribution in [0.2, 0.25) is 0 Å². The van der Waals surface area contributed by atoms with Crippen molar-refractivity contribution in [2.45, 2.75) is 25.3 Å². The average Bonchev–Trinajstić information content (AvgIpc) is 3.16. The molecule has 4 aromatic rings. The Hall–Kier alpha value is -5.42. The van der Waals surface area contributed by atoms with E-state index in [4.69, 9.17) is 37.9 Å². The van der Waals surface area contributed by atoms with Gasteiger partial charge >= 0.3 is 0 Å². The topological polar surface area (TPSA) is 107 Å². The van der Waals surface area contributed by atoms with Crippen LogP contribution in [-0.4, -0.2) is 86.3 Å². The van der Waals surface area contributed by atoms with Crippen LogP contribution >= 0.6 is 0 Å². The quantitative estimate of drug-likeness (QED) is 0.172. The van der Waals surface area contributed by atoms with Crippen LogP contribution in [0.4, 0.5) is 0 Å². The van der Waals surface area contributed by atoms with Gasteiger partial charge in [0.25, 0.3) is 0 Å². The lowest BCUT2D eigenvalue weighted by Gasteiger charge is -2.35. The second kappa shape index (κ2) is 13.7. The van der Waals surface area contributed by atoms with Gasteiger partial charge in [-0.25, -0.2) is 0 Å². The maximum atomic E-state index is 14.2. The van der Waals surface area contributed by atoms with E-state index in [1.54, 1.807) is 55.8 Å². The Morgan fingerprint density at radius 1 is 0.627 bits per heavy atom. The zero-order valence-electron chi connectivity index (χ0n) is 30.2. The molecule has 0 radical (unpaired) electrons. The summed E-state index contributed by atoms with van der Waals surface area (Å²) in [6, 6.07) is 13.4. The van der Waals surface area contributed by atoms with Crippen LogP contribution in [0.5, 0.6) is 51.7 Å². The van der Waals surface area contributed by atoms with Gasteiger partial charge < -0.3 is 37.9 Å². The highest BCUT2D eigenvalue weighted by molar-refractivity contribution is 6.55. The molecule has 4 aromatic carbocycles. The number of carbonyl (C=O) groups excluding carboxylic acids is 1. The molecule has 0 saturated heterocycles. The van der Waals surface area contributed by atoms with Crippen molar-refractivity contribution in [1.29, 1.82) is 0 Å². The number of nitrogens with zero attached hydrogens (tertiary/aromatic N) is 2. The monoisotopic (exact) mass is 694 g/mol. The van der Waals surface area contributed by atoms with Gasteiger partial charge in [0.1, 0.15) is 11.5 Å². The average molecular weight is 695 g/mol. The number of carbonyl (C=O) groups is 1. The van der Waals surface area contributed by atoms with Gasteiger partial charge in [0.2, 0.25) is 5.78 Å². The summed E-state index contributed by atoms with van der Waals surface area (Å²) in [6.07, 6.45) is 2.14. The van der Waals surface area contributed by atoms with Crippen LogP contribution in [-0.2, 0) is 19.3 Å². The van der Waals surface area contributed by atoms with Crippen molar-refractivity contribution in [3.8, 4) is 62.9 Å². The van der Waals surface area contributed by atoms with Crippen LogP contribution in [0, 0.1) is 0 Å². The van der Waals surface area contributed by atoms with E-state index < -0.39 is 0 Å². The lowest BCUT2D eigenvalue weighted by Crippen LogP contribution is -2.33. The molecule has 0 amide bonds. The molecule has 0 bridgehead atoms. The van der Waals surface area contributed by atoms with Crippen molar-refractivity contribution in [2.75, 3.05) is 69.9 Å². The Labute approximate surface area is 297 Å².